The van der Waals surface area contributed by atoms with E-state index in [9.17, 15) is 31.4 Å². The van der Waals surface area contributed by atoms with Gasteiger partial charge in [0, 0.05) is 18.2 Å². The number of allylic oxidation sites excluding steroid dienone is 1. The van der Waals surface area contributed by atoms with Crippen molar-refractivity contribution in [3.63, 3.8) is 0 Å². The third kappa shape index (κ3) is 5.00. The highest BCUT2D eigenvalue weighted by molar-refractivity contribution is 5.61. The number of benzene rings is 1. The minimum Gasteiger partial charge on any atom is -0.507 e. The first kappa shape index (κ1) is 24.3. The Labute approximate surface area is 160 Å². The zero-order valence-electron chi connectivity index (χ0n) is 15.9. The Morgan fingerprint density at radius 2 is 1.61 bits per heavy atom. The van der Waals surface area contributed by atoms with Gasteiger partial charge >= 0.3 is 12.4 Å². The van der Waals surface area contributed by atoms with E-state index < -0.39 is 30.3 Å². The van der Waals surface area contributed by atoms with E-state index in [-0.39, 0.29) is 23.3 Å². The van der Waals surface area contributed by atoms with E-state index in [2.05, 4.69) is 9.47 Å². The number of ether oxygens (including phenoxy) is 2. The lowest BCUT2D eigenvalue weighted by molar-refractivity contribution is -0.400. The molecule has 1 aromatic rings. The van der Waals surface area contributed by atoms with Crippen LogP contribution in [-0.4, -0.2) is 31.4 Å². The molecule has 0 amide bonds. The lowest BCUT2D eigenvalue weighted by Crippen LogP contribution is -2.56. The molecule has 0 saturated heterocycles. The molecule has 9 heteroatoms. The van der Waals surface area contributed by atoms with Gasteiger partial charge in [0.1, 0.15) is 12.5 Å². The molecule has 0 bridgehead atoms. The molecule has 0 radical (unpaired) electrons. The second-order valence-electron chi connectivity index (χ2n) is 6.24. The van der Waals surface area contributed by atoms with Gasteiger partial charge in [0.2, 0.25) is 0 Å². The Kier molecular flexibility index (Phi) is 8.37. The molecule has 0 saturated carbocycles. The van der Waals surface area contributed by atoms with Crippen LogP contribution >= 0.6 is 0 Å². The Bertz CT molecular complexity index is 651. The second kappa shape index (κ2) is 9.65. The summed E-state index contributed by atoms with van der Waals surface area (Å²) in [6, 6.07) is 1.37. The third-order valence-electron chi connectivity index (χ3n) is 4.09. The summed E-state index contributed by atoms with van der Waals surface area (Å²) in [5.41, 5.74) is -5.88. The maximum Gasteiger partial charge on any atom is 0.430 e. The quantitative estimate of drug-likeness (QED) is 0.392. The van der Waals surface area contributed by atoms with Crippen LogP contribution in [-0.2, 0) is 21.5 Å². The molecule has 0 aliphatic carbocycles. The Morgan fingerprint density at radius 3 is 2.07 bits per heavy atom. The summed E-state index contributed by atoms with van der Waals surface area (Å²) in [6.45, 7) is 2.34. The number of phenols is 1. The standard InChI is InChI=1S/C19H24F6O3/c1-4-6-7-9-14-11-15(10-13(8-5-2)16(14)26)17(18(20,21)22,19(23,24)25)28-12-27-3/h7,9-11,26H,4-6,8,12H2,1-3H3/b9-7+. The maximum absolute atomic E-state index is 13.8. The zero-order chi connectivity index (χ0) is 21.6. The molecule has 1 rings (SSSR count). The van der Waals surface area contributed by atoms with Gasteiger partial charge in [0.15, 0.2) is 0 Å². The van der Waals surface area contributed by atoms with Crippen LogP contribution in [0.15, 0.2) is 18.2 Å². The number of methoxy groups -OCH3 is 1. The average Bonchev–Trinajstić information content (AvgIpc) is 2.57. The molecular weight excluding hydrogens is 390 g/mol. The van der Waals surface area contributed by atoms with Crippen LogP contribution in [0.4, 0.5) is 26.3 Å². The van der Waals surface area contributed by atoms with Crippen molar-refractivity contribution in [2.45, 2.75) is 57.5 Å². The molecule has 3 nitrogen and oxygen atoms in total. The SMILES string of the molecule is CCC/C=C/c1cc(C(OCOC)(C(F)(F)F)C(F)(F)F)cc(CCC)c1O. The Morgan fingerprint density at radius 1 is 1.00 bits per heavy atom. The summed E-state index contributed by atoms with van der Waals surface area (Å²) in [6.07, 6.45) is -6.93. The van der Waals surface area contributed by atoms with Crippen LogP contribution in [0, 0.1) is 0 Å². The van der Waals surface area contributed by atoms with E-state index >= 15 is 0 Å². The summed E-state index contributed by atoms with van der Waals surface area (Å²) in [5.74, 6) is -0.344. The van der Waals surface area contributed by atoms with Crippen molar-refractivity contribution in [1.82, 2.24) is 0 Å². The molecule has 0 atom stereocenters. The molecule has 0 aliphatic rings. The lowest BCUT2D eigenvalue weighted by atomic mass is 9.87. The fourth-order valence-corrected chi connectivity index (χ4v) is 2.77. The first-order valence-corrected chi connectivity index (χ1v) is 8.75. The molecule has 1 N–H and O–H groups in total. The number of hydrogen-bond acceptors (Lipinski definition) is 3. The fourth-order valence-electron chi connectivity index (χ4n) is 2.77. The van der Waals surface area contributed by atoms with Crippen LogP contribution in [0.1, 0.15) is 49.8 Å². The van der Waals surface area contributed by atoms with Gasteiger partial charge in [0.05, 0.1) is 0 Å². The van der Waals surface area contributed by atoms with E-state index in [0.29, 0.717) is 25.0 Å². The summed E-state index contributed by atoms with van der Waals surface area (Å²) in [5, 5.41) is 10.3. The number of unbranched alkanes of at least 4 members (excludes halogenated alkanes) is 1. The molecule has 1 aromatic carbocycles. The summed E-state index contributed by atoms with van der Waals surface area (Å²) in [4.78, 5) is 0. The summed E-state index contributed by atoms with van der Waals surface area (Å²) >= 11 is 0. The fraction of sp³-hybridized carbons (Fsp3) is 0.579. The van der Waals surface area contributed by atoms with Crippen LogP contribution < -0.4 is 0 Å². The van der Waals surface area contributed by atoms with Crippen molar-refractivity contribution >= 4 is 6.08 Å². The number of alkyl halides is 6. The van der Waals surface area contributed by atoms with Gasteiger partial charge < -0.3 is 14.6 Å². The van der Waals surface area contributed by atoms with Gasteiger partial charge in [-0.15, -0.1) is 0 Å². The summed E-state index contributed by atoms with van der Waals surface area (Å²) < 4.78 is 91.1. The number of aromatic hydroxyl groups is 1. The normalized spacial score (nSPS) is 13.5. The van der Waals surface area contributed by atoms with E-state index in [1.807, 2.05) is 6.92 Å². The predicted molar refractivity (Wildman–Crippen MR) is 92.8 cm³/mol. The first-order chi connectivity index (χ1) is 13.0. The number of halogens is 6. The third-order valence-corrected chi connectivity index (χ3v) is 4.09. The molecule has 0 heterocycles. The van der Waals surface area contributed by atoms with E-state index in [1.54, 1.807) is 13.0 Å². The minimum atomic E-state index is -5.81. The molecule has 0 spiro atoms. The van der Waals surface area contributed by atoms with Crippen molar-refractivity contribution in [2.24, 2.45) is 0 Å². The molecule has 0 aliphatic heterocycles. The first-order valence-electron chi connectivity index (χ1n) is 8.75. The highest BCUT2D eigenvalue weighted by Crippen LogP contribution is 2.53. The zero-order valence-corrected chi connectivity index (χ0v) is 15.9. The Hall–Kier alpha value is -1.74. The van der Waals surface area contributed by atoms with Gasteiger partial charge in [-0.05, 0) is 30.5 Å². The van der Waals surface area contributed by atoms with Crippen LogP contribution in [0.2, 0.25) is 0 Å². The number of hydrogen-bond donors (Lipinski definition) is 1. The van der Waals surface area contributed by atoms with Gasteiger partial charge in [-0.3, -0.25) is 0 Å². The molecule has 0 aromatic heterocycles. The van der Waals surface area contributed by atoms with Gasteiger partial charge in [0.25, 0.3) is 5.60 Å². The molecular formula is C19H24F6O3. The molecule has 0 fully saturated rings. The van der Waals surface area contributed by atoms with Crippen molar-refractivity contribution in [3.05, 3.63) is 34.9 Å². The van der Waals surface area contributed by atoms with Crippen LogP contribution in [0.3, 0.4) is 0 Å². The van der Waals surface area contributed by atoms with Crippen molar-refractivity contribution < 1.29 is 40.9 Å². The highest BCUT2D eigenvalue weighted by Gasteiger charge is 2.73. The number of rotatable bonds is 9. The van der Waals surface area contributed by atoms with E-state index in [0.717, 1.165) is 13.5 Å². The van der Waals surface area contributed by atoms with Crippen molar-refractivity contribution in [3.8, 4) is 5.75 Å². The number of phenolic OH excluding ortho intramolecular Hbond substituents is 1. The van der Waals surface area contributed by atoms with E-state index in [1.165, 1.54) is 6.08 Å². The van der Waals surface area contributed by atoms with Crippen molar-refractivity contribution in [1.29, 1.82) is 0 Å². The van der Waals surface area contributed by atoms with Gasteiger partial charge in [-0.25, -0.2) is 0 Å². The minimum absolute atomic E-state index is 0.0185. The monoisotopic (exact) mass is 414 g/mol. The number of aryl methyl sites for hydroxylation is 1. The topological polar surface area (TPSA) is 38.7 Å². The van der Waals surface area contributed by atoms with Gasteiger partial charge in [-0.2, -0.15) is 26.3 Å². The molecule has 160 valence electrons. The average molecular weight is 414 g/mol. The largest absolute Gasteiger partial charge is 0.507 e. The smallest absolute Gasteiger partial charge is 0.430 e. The maximum atomic E-state index is 13.8. The van der Waals surface area contributed by atoms with Gasteiger partial charge in [-0.1, -0.05) is 38.8 Å². The summed E-state index contributed by atoms with van der Waals surface area (Å²) in [7, 11) is 0.926. The Balaban J connectivity index is 3.80. The second-order valence-corrected chi connectivity index (χ2v) is 6.24. The predicted octanol–water partition coefficient (Wildman–Crippen LogP) is 6.10. The highest BCUT2D eigenvalue weighted by atomic mass is 19.4. The molecule has 0 unspecified atom stereocenters. The van der Waals surface area contributed by atoms with E-state index in [4.69, 9.17) is 0 Å². The van der Waals surface area contributed by atoms with Crippen LogP contribution in [0.25, 0.3) is 6.08 Å². The lowest BCUT2D eigenvalue weighted by Gasteiger charge is -2.37. The molecule has 28 heavy (non-hydrogen) atoms. The van der Waals surface area contributed by atoms with Crippen molar-refractivity contribution in [2.75, 3.05) is 13.9 Å². The van der Waals surface area contributed by atoms with Crippen LogP contribution in [0.5, 0.6) is 5.75 Å².